The molecule has 0 spiro atoms. The van der Waals surface area contributed by atoms with Gasteiger partial charge in [-0.2, -0.15) is 5.10 Å². The van der Waals surface area contributed by atoms with Gasteiger partial charge in [-0.1, -0.05) is 15.9 Å². The van der Waals surface area contributed by atoms with Gasteiger partial charge in [0.25, 0.3) is 0 Å². The molecule has 1 fully saturated rings. The topological polar surface area (TPSA) is 74.6 Å². The molecule has 1 aromatic heterocycles. The van der Waals surface area contributed by atoms with Gasteiger partial charge in [0.05, 0.1) is 19.8 Å². The highest BCUT2D eigenvalue weighted by Gasteiger charge is 2.20. The molecule has 3 aromatic rings. The highest BCUT2D eigenvalue weighted by molar-refractivity contribution is 9.10. The molecule has 2 aromatic carbocycles. The van der Waals surface area contributed by atoms with Crippen LogP contribution in [0.15, 0.2) is 46.9 Å². The van der Waals surface area contributed by atoms with Crippen LogP contribution in [0.5, 0.6) is 5.75 Å². The molecule has 1 aliphatic heterocycles. The van der Waals surface area contributed by atoms with Crippen LogP contribution in [-0.4, -0.2) is 35.2 Å². The number of hydrogen-bond acceptors (Lipinski definition) is 5. The van der Waals surface area contributed by atoms with E-state index < -0.39 is 17.7 Å². The molecular weight excluding hydrogens is 500 g/mol. The summed E-state index contributed by atoms with van der Waals surface area (Å²) in [4.78, 5) is 12.1. The number of ether oxygens (including phenoxy) is 3. The fraction of sp³-hybridized carbons (Fsp3) is 0.304. The zero-order valence-electron chi connectivity index (χ0n) is 17.8. The van der Waals surface area contributed by atoms with Crippen LogP contribution in [0.2, 0.25) is 0 Å². The number of rotatable bonds is 7. The second kappa shape index (κ2) is 10.3. The summed E-state index contributed by atoms with van der Waals surface area (Å²) in [5, 5.41) is 7.07. The predicted molar refractivity (Wildman–Crippen MR) is 120 cm³/mol. The number of nitrogens with zero attached hydrogens (tertiary/aromatic N) is 2. The van der Waals surface area contributed by atoms with Crippen LogP contribution in [0.4, 0.5) is 19.4 Å². The summed E-state index contributed by atoms with van der Waals surface area (Å²) in [5.74, 6) is -0.405. The molecule has 174 valence electrons. The van der Waals surface area contributed by atoms with E-state index in [0.717, 1.165) is 21.8 Å². The summed E-state index contributed by atoms with van der Waals surface area (Å²) < 4.78 is 46.0. The maximum absolute atomic E-state index is 14.0. The Morgan fingerprint density at radius 2 is 2.09 bits per heavy atom. The monoisotopic (exact) mass is 521 g/mol. The van der Waals surface area contributed by atoms with Gasteiger partial charge < -0.3 is 14.2 Å². The van der Waals surface area contributed by atoms with Crippen molar-refractivity contribution < 1.29 is 27.8 Å². The highest BCUT2D eigenvalue weighted by atomic mass is 79.9. The average Bonchev–Trinajstić information content (AvgIpc) is 3.38. The molecule has 0 saturated carbocycles. The Bertz CT molecular complexity index is 1150. The van der Waals surface area contributed by atoms with Crippen LogP contribution in [0, 0.1) is 18.6 Å². The maximum atomic E-state index is 14.0. The number of carbonyl (C=O) groups excluding carboxylic acids is 1. The normalized spacial score (nSPS) is 15.5. The first-order chi connectivity index (χ1) is 15.9. The summed E-state index contributed by atoms with van der Waals surface area (Å²) in [6, 6.07) is 10.6. The van der Waals surface area contributed by atoms with Crippen LogP contribution in [0.25, 0.3) is 0 Å². The van der Waals surface area contributed by atoms with Crippen LogP contribution in [0.3, 0.4) is 0 Å². The number of halogens is 3. The molecule has 1 unspecified atom stereocenters. The van der Waals surface area contributed by atoms with Gasteiger partial charge in [-0.05, 0) is 37.3 Å². The largest absolute Gasteiger partial charge is 0.488 e. The van der Waals surface area contributed by atoms with E-state index in [9.17, 15) is 13.6 Å². The standard InChI is InChI=1S/C23H22BrF2N3O4/c1-14-8-22(27-23(30)33-19-6-7-31-13-19)28-29(14)11-16-9-17(24)3-5-21(16)32-12-15-2-4-18(25)10-20(15)26/h2-5,8-10,19H,6-7,11-13H2,1H3,(H,27,28,30). The second-order valence-corrected chi connectivity index (χ2v) is 8.54. The van der Waals surface area contributed by atoms with Gasteiger partial charge in [0.1, 0.15) is 30.1 Å². The molecule has 1 aliphatic rings. The van der Waals surface area contributed by atoms with E-state index in [1.54, 1.807) is 16.8 Å². The molecule has 0 radical (unpaired) electrons. The molecule has 1 atom stereocenters. The van der Waals surface area contributed by atoms with Crippen molar-refractivity contribution in [3.8, 4) is 5.75 Å². The zero-order valence-corrected chi connectivity index (χ0v) is 19.4. The molecule has 1 saturated heterocycles. The lowest BCUT2D eigenvalue weighted by molar-refractivity contribution is 0.0931. The van der Waals surface area contributed by atoms with E-state index in [2.05, 4.69) is 26.3 Å². The molecule has 33 heavy (non-hydrogen) atoms. The zero-order chi connectivity index (χ0) is 23.4. The van der Waals surface area contributed by atoms with Gasteiger partial charge in [-0.25, -0.2) is 13.6 Å². The minimum atomic E-state index is -0.664. The quantitative estimate of drug-likeness (QED) is 0.462. The summed E-state index contributed by atoms with van der Waals surface area (Å²) >= 11 is 3.45. The Balaban J connectivity index is 1.44. The van der Waals surface area contributed by atoms with Crippen LogP contribution in [0.1, 0.15) is 23.2 Å². The lowest BCUT2D eigenvalue weighted by Crippen LogP contribution is -2.22. The third kappa shape index (κ3) is 6.08. The van der Waals surface area contributed by atoms with Crippen molar-refractivity contribution in [3.63, 3.8) is 0 Å². The highest BCUT2D eigenvalue weighted by Crippen LogP contribution is 2.26. The number of aromatic nitrogens is 2. The number of carbonyl (C=O) groups is 1. The Morgan fingerprint density at radius 3 is 2.85 bits per heavy atom. The molecular formula is C23H22BrF2N3O4. The van der Waals surface area contributed by atoms with Crippen molar-refractivity contribution in [2.75, 3.05) is 18.5 Å². The minimum absolute atomic E-state index is 0.0532. The summed E-state index contributed by atoms with van der Waals surface area (Å²) in [5.41, 5.74) is 1.85. The molecule has 10 heteroatoms. The third-order valence-electron chi connectivity index (χ3n) is 5.11. The maximum Gasteiger partial charge on any atom is 0.413 e. The fourth-order valence-electron chi connectivity index (χ4n) is 3.39. The Morgan fingerprint density at radius 1 is 1.24 bits per heavy atom. The predicted octanol–water partition coefficient (Wildman–Crippen LogP) is 5.20. The van der Waals surface area contributed by atoms with Crippen molar-refractivity contribution in [2.45, 2.75) is 32.6 Å². The van der Waals surface area contributed by atoms with Crippen LogP contribution in [-0.2, 0) is 22.6 Å². The third-order valence-corrected chi connectivity index (χ3v) is 5.61. The SMILES string of the molecule is Cc1cc(NC(=O)OC2CCOC2)nn1Cc1cc(Br)ccc1OCc1ccc(F)cc1F. The number of amides is 1. The van der Waals surface area contributed by atoms with Crippen LogP contribution < -0.4 is 10.1 Å². The van der Waals surface area contributed by atoms with Crippen molar-refractivity contribution in [2.24, 2.45) is 0 Å². The van der Waals surface area contributed by atoms with Gasteiger partial charge in [-0.3, -0.25) is 10.00 Å². The first kappa shape index (κ1) is 23.2. The first-order valence-electron chi connectivity index (χ1n) is 10.3. The van der Waals surface area contributed by atoms with E-state index in [1.807, 2.05) is 19.1 Å². The first-order valence-corrected chi connectivity index (χ1v) is 11.1. The number of aryl methyl sites for hydroxylation is 1. The fourth-order valence-corrected chi connectivity index (χ4v) is 3.80. The van der Waals surface area contributed by atoms with Gasteiger partial charge >= 0.3 is 6.09 Å². The molecule has 1 N–H and O–H groups in total. The van der Waals surface area contributed by atoms with Crippen molar-refractivity contribution >= 4 is 27.8 Å². The number of nitrogens with one attached hydrogen (secondary N) is 1. The summed E-state index contributed by atoms with van der Waals surface area (Å²) in [6.45, 7) is 3.13. The second-order valence-electron chi connectivity index (χ2n) is 7.62. The molecule has 0 aliphatic carbocycles. The molecule has 7 nitrogen and oxygen atoms in total. The number of anilines is 1. The molecule has 1 amide bonds. The number of benzene rings is 2. The smallest absolute Gasteiger partial charge is 0.413 e. The van der Waals surface area contributed by atoms with Gasteiger partial charge in [-0.15, -0.1) is 0 Å². The van der Waals surface area contributed by atoms with Crippen molar-refractivity contribution in [3.05, 3.63) is 75.4 Å². The lowest BCUT2D eigenvalue weighted by Gasteiger charge is -2.14. The Labute approximate surface area is 197 Å². The Kier molecular flexibility index (Phi) is 7.24. The number of hydrogen-bond donors (Lipinski definition) is 1. The Hall–Kier alpha value is -2.98. The van der Waals surface area contributed by atoms with E-state index in [4.69, 9.17) is 14.2 Å². The van der Waals surface area contributed by atoms with E-state index in [0.29, 0.717) is 37.7 Å². The lowest BCUT2D eigenvalue weighted by atomic mass is 10.2. The van der Waals surface area contributed by atoms with E-state index in [1.165, 1.54) is 12.1 Å². The average molecular weight is 522 g/mol. The van der Waals surface area contributed by atoms with Crippen LogP contribution >= 0.6 is 15.9 Å². The van der Waals surface area contributed by atoms with Crippen molar-refractivity contribution in [1.82, 2.24) is 9.78 Å². The molecule has 2 heterocycles. The van der Waals surface area contributed by atoms with Gasteiger partial charge in [0, 0.05) is 39.8 Å². The molecule has 4 rings (SSSR count). The van der Waals surface area contributed by atoms with E-state index >= 15 is 0 Å². The molecule has 0 bridgehead atoms. The van der Waals surface area contributed by atoms with Gasteiger partial charge in [0.2, 0.25) is 0 Å². The summed E-state index contributed by atoms with van der Waals surface area (Å²) in [7, 11) is 0. The summed E-state index contributed by atoms with van der Waals surface area (Å²) in [6.07, 6.45) is -0.155. The van der Waals surface area contributed by atoms with Gasteiger partial charge in [0.15, 0.2) is 5.82 Å². The van der Waals surface area contributed by atoms with Crippen molar-refractivity contribution in [1.29, 1.82) is 0 Å². The minimum Gasteiger partial charge on any atom is -0.488 e. The van der Waals surface area contributed by atoms with E-state index in [-0.39, 0.29) is 18.3 Å².